The average Bonchev–Trinajstić information content (AvgIpc) is 2.75. The van der Waals surface area contributed by atoms with Gasteiger partial charge in [0.2, 0.25) is 0 Å². The SMILES string of the molecule is CN(C)C(=O)C(S)=NOC(=O)N(C)S(=O)OCC1COC(c2ccccc2)OC1. The molecular weight excluding hydrogens is 422 g/mol. The Balaban J connectivity index is 1.74. The topological polar surface area (TPSA) is 107 Å². The first-order valence-corrected chi connectivity index (χ1v) is 10.0. The van der Waals surface area contributed by atoms with Crippen LogP contribution < -0.4 is 0 Å². The van der Waals surface area contributed by atoms with Crippen LogP contribution in [0.3, 0.4) is 0 Å². The molecule has 1 aromatic rings. The van der Waals surface area contributed by atoms with Crippen molar-refractivity contribution in [3.05, 3.63) is 35.9 Å². The molecule has 1 aliphatic heterocycles. The number of hydrogen-bond acceptors (Lipinski definition) is 8. The van der Waals surface area contributed by atoms with Gasteiger partial charge in [-0.1, -0.05) is 35.5 Å². The molecule has 2 amide bonds. The lowest BCUT2D eigenvalue weighted by molar-refractivity contribution is -0.208. The van der Waals surface area contributed by atoms with Gasteiger partial charge in [0, 0.05) is 32.6 Å². The van der Waals surface area contributed by atoms with Gasteiger partial charge in [0.1, 0.15) is 0 Å². The van der Waals surface area contributed by atoms with E-state index >= 15 is 0 Å². The molecule has 29 heavy (non-hydrogen) atoms. The molecule has 1 heterocycles. The van der Waals surface area contributed by atoms with Crippen LogP contribution in [-0.2, 0) is 34.6 Å². The van der Waals surface area contributed by atoms with E-state index in [1.54, 1.807) is 0 Å². The Kier molecular flexibility index (Phi) is 9.04. The minimum atomic E-state index is -2.12. The molecule has 0 radical (unpaired) electrons. The van der Waals surface area contributed by atoms with Crippen LogP contribution in [-0.4, -0.2) is 71.4 Å². The molecule has 1 saturated heterocycles. The number of thiol groups is 1. The molecule has 0 saturated carbocycles. The number of hydrogen-bond donors (Lipinski definition) is 1. The van der Waals surface area contributed by atoms with Gasteiger partial charge in [-0.15, -0.1) is 12.6 Å². The van der Waals surface area contributed by atoms with Gasteiger partial charge in [0.25, 0.3) is 17.2 Å². The lowest BCUT2D eigenvalue weighted by Crippen LogP contribution is -2.34. The van der Waals surface area contributed by atoms with E-state index in [1.165, 1.54) is 26.0 Å². The van der Waals surface area contributed by atoms with Crippen molar-refractivity contribution < 1.29 is 32.3 Å². The monoisotopic (exact) mass is 445 g/mol. The summed E-state index contributed by atoms with van der Waals surface area (Å²) in [6, 6.07) is 9.51. The van der Waals surface area contributed by atoms with Crippen molar-refractivity contribution in [1.29, 1.82) is 0 Å². The van der Waals surface area contributed by atoms with E-state index in [4.69, 9.17) is 13.7 Å². The van der Waals surface area contributed by atoms with Crippen molar-refractivity contribution in [1.82, 2.24) is 9.21 Å². The maximum atomic E-state index is 12.1. The highest BCUT2D eigenvalue weighted by atomic mass is 32.2. The third-order valence-electron chi connectivity index (χ3n) is 3.73. The van der Waals surface area contributed by atoms with Gasteiger partial charge >= 0.3 is 6.09 Å². The molecule has 1 aliphatic rings. The zero-order valence-corrected chi connectivity index (χ0v) is 17.9. The van der Waals surface area contributed by atoms with Gasteiger partial charge in [-0.05, 0) is 0 Å². The van der Waals surface area contributed by atoms with Gasteiger partial charge in [0.05, 0.1) is 19.8 Å². The highest BCUT2D eigenvalue weighted by molar-refractivity contribution is 7.99. The molecule has 1 unspecified atom stereocenters. The molecule has 1 atom stereocenters. The molecule has 2 rings (SSSR count). The second-order valence-corrected chi connectivity index (χ2v) is 7.89. The molecule has 0 N–H and O–H groups in total. The molecular formula is C17H23N3O7S2. The van der Waals surface area contributed by atoms with Gasteiger partial charge in [-0.2, -0.15) is 0 Å². The Bertz CT molecular complexity index is 753. The summed E-state index contributed by atoms with van der Waals surface area (Å²) in [7, 11) is 4.19. The van der Waals surface area contributed by atoms with Crippen LogP contribution >= 0.6 is 12.6 Å². The van der Waals surface area contributed by atoms with E-state index in [-0.39, 0.29) is 17.6 Å². The summed E-state index contributed by atoms with van der Waals surface area (Å²) in [5.41, 5.74) is 0.912. The van der Waals surface area contributed by atoms with E-state index in [0.29, 0.717) is 17.5 Å². The fraction of sp³-hybridized carbons (Fsp3) is 0.471. The minimum absolute atomic E-state index is 0.0476. The highest BCUT2D eigenvalue weighted by Gasteiger charge is 2.26. The summed E-state index contributed by atoms with van der Waals surface area (Å²) < 4.78 is 29.3. The predicted molar refractivity (Wildman–Crippen MR) is 108 cm³/mol. The number of benzene rings is 1. The lowest BCUT2D eigenvalue weighted by Gasteiger charge is -2.29. The van der Waals surface area contributed by atoms with Gasteiger partial charge in [-0.3, -0.25) is 13.8 Å². The summed E-state index contributed by atoms with van der Waals surface area (Å²) in [4.78, 5) is 29.2. The van der Waals surface area contributed by atoms with Crippen molar-refractivity contribution in [2.24, 2.45) is 11.1 Å². The fourth-order valence-corrected chi connectivity index (χ4v) is 2.98. The number of carbonyl (C=O) groups is 2. The molecule has 12 heteroatoms. The number of amides is 2. The Hall–Kier alpha value is -1.99. The standard InChI is InChI=1S/C17H23N3O7S2/c1-19(2)15(21)14(28)18-27-17(22)20(3)29(23)26-11-12-9-24-16(25-10-12)13-7-5-4-6-8-13/h4-8,12,16H,9-11H2,1-3H3,(H,18,28). The molecule has 160 valence electrons. The Morgan fingerprint density at radius 3 is 2.41 bits per heavy atom. The Morgan fingerprint density at radius 1 is 1.21 bits per heavy atom. The van der Waals surface area contributed by atoms with E-state index in [9.17, 15) is 13.8 Å². The van der Waals surface area contributed by atoms with Crippen LogP contribution in [0.2, 0.25) is 0 Å². The summed E-state index contributed by atoms with van der Waals surface area (Å²) in [5.74, 6) is -0.699. The lowest BCUT2D eigenvalue weighted by atomic mass is 10.1. The molecule has 1 aromatic carbocycles. The minimum Gasteiger partial charge on any atom is -0.348 e. The smallest absolute Gasteiger partial charge is 0.348 e. The summed E-state index contributed by atoms with van der Waals surface area (Å²) in [6.45, 7) is 0.752. The normalized spacial score (nSPS) is 20.6. The number of rotatable bonds is 7. The van der Waals surface area contributed by atoms with Gasteiger partial charge in [0.15, 0.2) is 11.3 Å². The number of carbonyl (C=O) groups excluding carboxylic acids is 2. The molecule has 0 aliphatic carbocycles. The van der Waals surface area contributed by atoms with Crippen LogP contribution in [0.15, 0.2) is 35.5 Å². The average molecular weight is 446 g/mol. The summed E-state index contributed by atoms with van der Waals surface area (Å²) in [6.07, 6.45) is -1.52. The Morgan fingerprint density at radius 2 is 1.83 bits per heavy atom. The van der Waals surface area contributed by atoms with Crippen molar-refractivity contribution >= 4 is 40.9 Å². The first-order chi connectivity index (χ1) is 13.8. The van der Waals surface area contributed by atoms with Crippen molar-refractivity contribution in [2.45, 2.75) is 6.29 Å². The van der Waals surface area contributed by atoms with E-state index in [2.05, 4.69) is 22.6 Å². The maximum absolute atomic E-state index is 12.1. The van der Waals surface area contributed by atoms with E-state index in [1.807, 2.05) is 30.3 Å². The third kappa shape index (κ3) is 7.08. The molecule has 10 nitrogen and oxygen atoms in total. The fourth-order valence-electron chi connectivity index (χ4n) is 2.12. The molecule has 1 fully saturated rings. The second kappa shape index (κ2) is 11.3. The van der Waals surface area contributed by atoms with E-state index < -0.39 is 29.6 Å². The second-order valence-electron chi connectivity index (χ2n) is 6.25. The third-order valence-corrected chi connectivity index (χ3v) is 4.94. The van der Waals surface area contributed by atoms with Crippen LogP contribution in [0.5, 0.6) is 0 Å². The molecule has 0 spiro atoms. The number of nitrogens with zero attached hydrogens (tertiary/aromatic N) is 3. The van der Waals surface area contributed by atoms with Crippen LogP contribution in [0.4, 0.5) is 4.79 Å². The maximum Gasteiger partial charge on any atom is 0.449 e. The van der Waals surface area contributed by atoms with Crippen LogP contribution in [0, 0.1) is 5.92 Å². The van der Waals surface area contributed by atoms with Gasteiger partial charge < -0.3 is 14.4 Å². The Labute approximate surface area is 176 Å². The van der Waals surface area contributed by atoms with Crippen molar-refractivity contribution in [3.63, 3.8) is 0 Å². The number of ether oxygens (including phenoxy) is 2. The van der Waals surface area contributed by atoms with Crippen molar-refractivity contribution in [2.75, 3.05) is 41.0 Å². The number of oxime groups is 1. The molecule has 0 bridgehead atoms. The summed E-state index contributed by atoms with van der Waals surface area (Å²) in [5, 5.41) is 2.98. The van der Waals surface area contributed by atoms with Crippen LogP contribution in [0.25, 0.3) is 0 Å². The largest absolute Gasteiger partial charge is 0.449 e. The first kappa shape index (κ1) is 23.3. The quantitative estimate of drug-likeness (QED) is 0.222. The van der Waals surface area contributed by atoms with Gasteiger partial charge in [-0.25, -0.2) is 13.3 Å². The zero-order valence-electron chi connectivity index (χ0n) is 16.2. The van der Waals surface area contributed by atoms with Crippen LogP contribution in [0.1, 0.15) is 11.9 Å². The first-order valence-electron chi connectivity index (χ1n) is 8.56. The zero-order chi connectivity index (χ0) is 21.4. The van der Waals surface area contributed by atoms with Crippen molar-refractivity contribution in [3.8, 4) is 0 Å². The molecule has 0 aromatic heterocycles. The predicted octanol–water partition coefficient (Wildman–Crippen LogP) is 1.34. The van der Waals surface area contributed by atoms with E-state index in [0.717, 1.165) is 5.56 Å². The highest BCUT2D eigenvalue weighted by Crippen LogP contribution is 2.25. The summed E-state index contributed by atoms with van der Waals surface area (Å²) >= 11 is 1.71.